The quantitative estimate of drug-likeness (QED) is 0.761. The van der Waals surface area contributed by atoms with Crippen molar-refractivity contribution in [1.29, 1.82) is 0 Å². The molecule has 1 nitrogen and oxygen atoms in total. The summed E-state index contributed by atoms with van der Waals surface area (Å²) in [5.74, 6) is 1.80. The Morgan fingerprint density at radius 2 is 1.65 bits per heavy atom. The molecule has 1 saturated heterocycles. The number of nitrogens with one attached hydrogen (secondary N) is 1. The van der Waals surface area contributed by atoms with E-state index < -0.39 is 0 Å². The Morgan fingerprint density at radius 3 is 2.18 bits per heavy atom. The van der Waals surface area contributed by atoms with Crippen LogP contribution in [0.15, 0.2) is 0 Å². The van der Waals surface area contributed by atoms with Gasteiger partial charge in [0, 0.05) is 5.54 Å². The normalized spacial score (nSPS) is 32.6. The smallest absolute Gasteiger partial charge is 0.0207 e. The zero-order valence-electron chi connectivity index (χ0n) is 11.9. The van der Waals surface area contributed by atoms with E-state index in [0.29, 0.717) is 5.54 Å². The van der Waals surface area contributed by atoms with Gasteiger partial charge in [-0.2, -0.15) is 0 Å². The van der Waals surface area contributed by atoms with Gasteiger partial charge in [0.15, 0.2) is 0 Å². The van der Waals surface area contributed by atoms with E-state index in [9.17, 15) is 0 Å². The third kappa shape index (κ3) is 3.47. The molecule has 2 fully saturated rings. The van der Waals surface area contributed by atoms with E-state index in [1.165, 1.54) is 70.8 Å². The summed E-state index contributed by atoms with van der Waals surface area (Å²) in [7, 11) is 0. The van der Waals surface area contributed by atoms with Crippen molar-refractivity contribution >= 4 is 0 Å². The molecule has 1 atom stereocenters. The Hall–Kier alpha value is -0.0400. The van der Waals surface area contributed by atoms with Gasteiger partial charge in [-0.3, -0.25) is 0 Å². The second kappa shape index (κ2) is 6.22. The summed E-state index contributed by atoms with van der Waals surface area (Å²) in [5, 5.41) is 3.85. The molecule has 0 amide bonds. The van der Waals surface area contributed by atoms with Gasteiger partial charge in [-0.15, -0.1) is 0 Å². The van der Waals surface area contributed by atoms with E-state index >= 15 is 0 Å². The van der Waals surface area contributed by atoms with Crippen molar-refractivity contribution in [2.45, 2.75) is 83.6 Å². The van der Waals surface area contributed by atoms with Crippen molar-refractivity contribution in [1.82, 2.24) is 5.32 Å². The molecule has 100 valence electrons. The Morgan fingerprint density at radius 1 is 1.00 bits per heavy atom. The molecular weight excluding hydrogens is 206 g/mol. The fourth-order valence-electron chi connectivity index (χ4n) is 3.99. The second-order valence-corrected chi connectivity index (χ2v) is 6.76. The molecule has 0 aromatic carbocycles. The molecule has 1 unspecified atom stereocenters. The van der Waals surface area contributed by atoms with Crippen molar-refractivity contribution < 1.29 is 0 Å². The third-order valence-corrected chi connectivity index (χ3v) is 5.26. The Balaban J connectivity index is 1.91. The Bertz CT molecular complexity index is 208. The highest BCUT2D eigenvalue weighted by molar-refractivity contribution is 4.96. The standard InChI is InChI=1S/C16H31N/c1-14(2)16(11-8-12-17-16)13-15-9-6-4-3-5-7-10-15/h14-15,17H,3-13H2,1-2H3. The van der Waals surface area contributed by atoms with Crippen LogP contribution in [0, 0.1) is 11.8 Å². The van der Waals surface area contributed by atoms with Crippen LogP contribution in [-0.2, 0) is 0 Å². The number of hydrogen-bond acceptors (Lipinski definition) is 1. The minimum Gasteiger partial charge on any atom is -0.311 e. The predicted molar refractivity (Wildman–Crippen MR) is 75.2 cm³/mol. The van der Waals surface area contributed by atoms with Crippen LogP contribution in [0.2, 0.25) is 0 Å². The van der Waals surface area contributed by atoms with Gasteiger partial charge >= 0.3 is 0 Å². The number of rotatable bonds is 3. The maximum atomic E-state index is 3.85. The molecular formula is C16H31N. The molecule has 1 heterocycles. The average molecular weight is 237 g/mol. The second-order valence-electron chi connectivity index (χ2n) is 6.76. The van der Waals surface area contributed by atoms with E-state index in [1.807, 2.05) is 0 Å². The highest BCUT2D eigenvalue weighted by atomic mass is 15.0. The predicted octanol–water partition coefficient (Wildman–Crippen LogP) is 4.52. The average Bonchev–Trinajstić information content (AvgIpc) is 2.71. The van der Waals surface area contributed by atoms with Crippen LogP contribution >= 0.6 is 0 Å². The first-order chi connectivity index (χ1) is 8.23. The van der Waals surface area contributed by atoms with Crippen molar-refractivity contribution in [3.63, 3.8) is 0 Å². The monoisotopic (exact) mass is 237 g/mol. The van der Waals surface area contributed by atoms with Crippen molar-refractivity contribution in [2.75, 3.05) is 6.54 Å². The topological polar surface area (TPSA) is 12.0 Å². The summed E-state index contributed by atoms with van der Waals surface area (Å²) in [5.41, 5.74) is 0.490. The summed E-state index contributed by atoms with van der Waals surface area (Å²) < 4.78 is 0. The summed E-state index contributed by atoms with van der Waals surface area (Å²) in [4.78, 5) is 0. The molecule has 1 saturated carbocycles. The lowest BCUT2D eigenvalue weighted by molar-refractivity contribution is 0.192. The maximum Gasteiger partial charge on any atom is 0.0207 e. The molecule has 17 heavy (non-hydrogen) atoms. The van der Waals surface area contributed by atoms with E-state index in [2.05, 4.69) is 19.2 Å². The fraction of sp³-hybridized carbons (Fsp3) is 1.00. The summed E-state index contributed by atoms with van der Waals surface area (Å²) in [6.45, 7) is 6.09. The Kier molecular flexibility index (Phi) is 4.90. The molecule has 0 aromatic heterocycles. The molecule has 1 aliphatic carbocycles. The van der Waals surface area contributed by atoms with Crippen molar-refractivity contribution in [2.24, 2.45) is 11.8 Å². The first kappa shape index (κ1) is 13.4. The van der Waals surface area contributed by atoms with E-state index in [1.54, 1.807) is 0 Å². The molecule has 2 aliphatic rings. The van der Waals surface area contributed by atoms with Gasteiger partial charge in [-0.25, -0.2) is 0 Å². The van der Waals surface area contributed by atoms with Crippen LogP contribution in [-0.4, -0.2) is 12.1 Å². The van der Waals surface area contributed by atoms with Crippen LogP contribution in [0.3, 0.4) is 0 Å². The van der Waals surface area contributed by atoms with Crippen LogP contribution in [0.5, 0.6) is 0 Å². The lowest BCUT2D eigenvalue weighted by Crippen LogP contribution is -2.46. The third-order valence-electron chi connectivity index (χ3n) is 5.26. The lowest BCUT2D eigenvalue weighted by atomic mass is 9.74. The molecule has 0 bridgehead atoms. The summed E-state index contributed by atoms with van der Waals surface area (Å²) in [6, 6.07) is 0. The highest BCUT2D eigenvalue weighted by Gasteiger charge is 2.38. The van der Waals surface area contributed by atoms with Crippen LogP contribution in [0.1, 0.15) is 78.1 Å². The van der Waals surface area contributed by atoms with E-state index in [-0.39, 0.29) is 0 Å². The molecule has 1 N–H and O–H groups in total. The van der Waals surface area contributed by atoms with Gasteiger partial charge in [0.1, 0.15) is 0 Å². The summed E-state index contributed by atoms with van der Waals surface area (Å²) >= 11 is 0. The van der Waals surface area contributed by atoms with Gasteiger partial charge < -0.3 is 5.32 Å². The lowest BCUT2D eigenvalue weighted by Gasteiger charge is -2.38. The van der Waals surface area contributed by atoms with Crippen LogP contribution < -0.4 is 5.32 Å². The van der Waals surface area contributed by atoms with Crippen LogP contribution in [0.25, 0.3) is 0 Å². The minimum absolute atomic E-state index is 0.490. The Labute approximate surface area is 108 Å². The molecule has 1 heteroatoms. The molecule has 0 aromatic rings. The highest BCUT2D eigenvalue weighted by Crippen LogP contribution is 2.37. The molecule has 1 aliphatic heterocycles. The van der Waals surface area contributed by atoms with Crippen molar-refractivity contribution in [3.8, 4) is 0 Å². The van der Waals surface area contributed by atoms with Gasteiger partial charge in [-0.1, -0.05) is 58.8 Å². The number of hydrogen-bond donors (Lipinski definition) is 1. The van der Waals surface area contributed by atoms with Gasteiger partial charge in [0.05, 0.1) is 0 Å². The minimum atomic E-state index is 0.490. The van der Waals surface area contributed by atoms with Gasteiger partial charge in [-0.05, 0) is 37.6 Å². The van der Waals surface area contributed by atoms with E-state index in [0.717, 1.165) is 11.8 Å². The molecule has 0 spiro atoms. The first-order valence-electron chi connectivity index (χ1n) is 7.98. The van der Waals surface area contributed by atoms with Crippen molar-refractivity contribution in [3.05, 3.63) is 0 Å². The zero-order valence-corrected chi connectivity index (χ0v) is 11.9. The molecule has 0 radical (unpaired) electrons. The fourth-order valence-corrected chi connectivity index (χ4v) is 3.99. The maximum absolute atomic E-state index is 3.85. The first-order valence-corrected chi connectivity index (χ1v) is 7.98. The largest absolute Gasteiger partial charge is 0.311 e. The zero-order chi connectivity index (χ0) is 12.1. The summed E-state index contributed by atoms with van der Waals surface area (Å²) in [6.07, 6.45) is 14.7. The van der Waals surface area contributed by atoms with Crippen LogP contribution in [0.4, 0.5) is 0 Å². The van der Waals surface area contributed by atoms with E-state index in [4.69, 9.17) is 0 Å². The SMILES string of the molecule is CC(C)C1(CC2CCCCCCC2)CCCN1. The van der Waals surface area contributed by atoms with Gasteiger partial charge in [0.2, 0.25) is 0 Å². The molecule has 2 rings (SSSR count). The van der Waals surface area contributed by atoms with Gasteiger partial charge in [0.25, 0.3) is 0 Å².